The molecule has 0 atom stereocenters. The van der Waals surface area contributed by atoms with Crippen molar-refractivity contribution >= 4 is 21.6 Å². The van der Waals surface area contributed by atoms with Gasteiger partial charge in [-0.25, -0.2) is 13.4 Å². The van der Waals surface area contributed by atoms with Crippen LogP contribution in [0.15, 0.2) is 45.9 Å². The van der Waals surface area contributed by atoms with E-state index >= 15 is 0 Å². The van der Waals surface area contributed by atoms with Gasteiger partial charge in [0.25, 0.3) is 10.0 Å². The van der Waals surface area contributed by atoms with Gasteiger partial charge in [0, 0.05) is 36.7 Å². The summed E-state index contributed by atoms with van der Waals surface area (Å²) in [7, 11) is -4.00. The predicted molar refractivity (Wildman–Crippen MR) is 144 cm³/mol. The number of pyridine rings is 1. The molecule has 198 valence electrons. The van der Waals surface area contributed by atoms with Crippen molar-refractivity contribution in [2.45, 2.75) is 71.2 Å². The van der Waals surface area contributed by atoms with Crippen LogP contribution in [0.25, 0.3) is 11.3 Å². The Morgan fingerprint density at radius 2 is 1.84 bits per heavy atom. The highest BCUT2D eigenvalue weighted by Gasteiger charge is 2.27. The third-order valence-electron chi connectivity index (χ3n) is 7.00. The van der Waals surface area contributed by atoms with E-state index in [1.54, 1.807) is 33.0 Å². The van der Waals surface area contributed by atoms with Gasteiger partial charge >= 0.3 is 0 Å². The maximum Gasteiger partial charge on any atom is 0.265 e. The molecule has 1 aliphatic carbocycles. The second-order valence-electron chi connectivity index (χ2n) is 9.76. The summed E-state index contributed by atoms with van der Waals surface area (Å²) in [4.78, 5) is 22.0. The molecule has 0 spiro atoms. The Morgan fingerprint density at radius 1 is 1.08 bits per heavy atom. The first-order chi connectivity index (χ1) is 18.2. The molecule has 3 heterocycles. The monoisotopic (exact) mass is 533 g/mol. The second-order valence-corrected chi connectivity index (χ2v) is 11.4. The average molecular weight is 534 g/mol. The summed E-state index contributed by atoms with van der Waals surface area (Å²) in [5.74, 6) is 1.80. The molecule has 0 unspecified atom stereocenters. The molecule has 10 heteroatoms. The number of carbonyl (C=O) groups is 1. The third kappa shape index (κ3) is 4.76. The molecule has 0 bridgehead atoms. The van der Waals surface area contributed by atoms with Gasteiger partial charge in [0.15, 0.2) is 11.6 Å². The number of Topliss-reactive ketones (excluding diaryl/α,β-unsaturated/α-hetero) is 1. The van der Waals surface area contributed by atoms with E-state index in [9.17, 15) is 13.2 Å². The lowest BCUT2D eigenvalue weighted by molar-refractivity contribution is 0.0963. The fourth-order valence-electron chi connectivity index (χ4n) is 4.89. The number of fused-ring (bicyclic) bond motifs is 1. The maximum atomic E-state index is 13.4. The Labute approximate surface area is 222 Å². The van der Waals surface area contributed by atoms with Crippen LogP contribution in [-0.2, 0) is 29.4 Å². The number of rotatable bonds is 8. The third-order valence-corrected chi connectivity index (χ3v) is 8.52. The Balaban J connectivity index is 1.48. The van der Waals surface area contributed by atoms with Gasteiger partial charge < -0.3 is 9.09 Å². The smallest absolute Gasteiger partial charge is 0.265 e. The van der Waals surface area contributed by atoms with Gasteiger partial charge in [0.1, 0.15) is 22.2 Å². The SMILES string of the molecule is CCCc1nc2c(n1Cc1ccc(-c3nccc(C)c3S(=O)(=O)Nc3noc(C)c3C)cc1)C(=O)CCC2. The van der Waals surface area contributed by atoms with Crippen molar-refractivity contribution < 1.29 is 17.7 Å². The summed E-state index contributed by atoms with van der Waals surface area (Å²) in [6.45, 7) is 7.85. The molecule has 1 N–H and O–H groups in total. The molecule has 5 rings (SSSR count). The molecular weight excluding hydrogens is 502 g/mol. The lowest BCUT2D eigenvalue weighted by Crippen LogP contribution is -2.17. The Hall–Kier alpha value is -3.79. The van der Waals surface area contributed by atoms with Crippen LogP contribution in [0.2, 0.25) is 0 Å². The normalized spacial score (nSPS) is 13.5. The van der Waals surface area contributed by atoms with Gasteiger partial charge in [0.2, 0.25) is 0 Å². The van der Waals surface area contributed by atoms with E-state index in [1.807, 2.05) is 24.3 Å². The van der Waals surface area contributed by atoms with Gasteiger partial charge in [-0.15, -0.1) is 0 Å². The van der Waals surface area contributed by atoms with Gasteiger partial charge in [-0.3, -0.25) is 14.5 Å². The molecule has 0 fully saturated rings. The number of ketones is 1. The van der Waals surface area contributed by atoms with Crippen molar-refractivity contribution in [3.8, 4) is 11.3 Å². The maximum absolute atomic E-state index is 13.4. The van der Waals surface area contributed by atoms with Crippen molar-refractivity contribution in [2.75, 3.05) is 4.72 Å². The fraction of sp³-hybridized carbons (Fsp3) is 0.357. The summed E-state index contributed by atoms with van der Waals surface area (Å²) >= 11 is 0. The lowest BCUT2D eigenvalue weighted by Gasteiger charge is -2.16. The Bertz CT molecular complexity index is 1620. The molecule has 0 saturated carbocycles. The van der Waals surface area contributed by atoms with E-state index in [1.165, 1.54) is 0 Å². The van der Waals surface area contributed by atoms with Crippen LogP contribution in [0, 0.1) is 20.8 Å². The number of imidazole rings is 1. The van der Waals surface area contributed by atoms with Gasteiger partial charge in [0.05, 0.1) is 11.4 Å². The van der Waals surface area contributed by atoms with Gasteiger partial charge in [-0.2, -0.15) is 0 Å². The molecule has 0 aliphatic heterocycles. The predicted octanol–water partition coefficient (Wildman–Crippen LogP) is 5.18. The van der Waals surface area contributed by atoms with E-state index in [0.29, 0.717) is 41.1 Å². The number of nitrogens with zero attached hydrogens (tertiary/aromatic N) is 4. The Kier molecular flexibility index (Phi) is 6.92. The van der Waals surface area contributed by atoms with Crippen LogP contribution in [0.3, 0.4) is 0 Å². The zero-order chi connectivity index (χ0) is 27.0. The standard InChI is InChI=1S/C28H31N5O4S/c1-5-7-24-30-22-8-6-9-23(34)26(22)33(24)16-20-10-12-21(13-11-20)25-27(17(2)14-15-29-25)38(35,36)32-28-18(3)19(4)37-31-28/h10-15H,5-9,16H2,1-4H3,(H,31,32). The molecule has 38 heavy (non-hydrogen) atoms. The largest absolute Gasteiger partial charge is 0.359 e. The van der Waals surface area contributed by atoms with E-state index < -0.39 is 10.0 Å². The lowest BCUT2D eigenvalue weighted by atomic mass is 9.99. The van der Waals surface area contributed by atoms with Crippen molar-refractivity contribution in [1.82, 2.24) is 19.7 Å². The number of sulfonamides is 1. The van der Waals surface area contributed by atoms with Crippen molar-refractivity contribution in [3.05, 3.63) is 76.2 Å². The minimum absolute atomic E-state index is 0.0901. The minimum atomic E-state index is -4.00. The van der Waals surface area contributed by atoms with Gasteiger partial charge in [-0.05, 0) is 57.2 Å². The number of hydrogen-bond donors (Lipinski definition) is 1. The highest BCUT2D eigenvalue weighted by atomic mass is 32.2. The molecule has 0 saturated heterocycles. The molecule has 0 amide bonds. The average Bonchev–Trinajstić information content (AvgIpc) is 3.39. The van der Waals surface area contributed by atoms with Crippen LogP contribution in [0.4, 0.5) is 5.82 Å². The fourth-order valence-corrected chi connectivity index (χ4v) is 6.35. The number of aryl methyl sites for hydroxylation is 4. The highest BCUT2D eigenvalue weighted by molar-refractivity contribution is 7.93. The first kappa shape index (κ1) is 25.8. The zero-order valence-corrected chi connectivity index (χ0v) is 22.9. The van der Waals surface area contributed by atoms with Crippen LogP contribution >= 0.6 is 0 Å². The first-order valence-electron chi connectivity index (χ1n) is 12.8. The summed E-state index contributed by atoms with van der Waals surface area (Å²) in [5, 5.41) is 3.84. The summed E-state index contributed by atoms with van der Waals surface area (Å²) in [5.41, 5.74) is 4.86. The number of nitrogens with one attached hydrogen (secondary N) is 1. The van der Waals surface area contributed by atoms with E-state index in [-0.39, 0.29) is 16.5 Å². The summed E-state index contributed by atoms with van der Waals surface area (Å²) in [6.07, 6.45) is 5.60. The van der Waals surface area contributed by atoms with Crippen LogP contribution in [-0.4, -0.2) is 33.9 Å². The number of anilines is 1. The highest BCUT2D eigenvalue weighted by Crippen LogP contribution is 2.31. The quantitative estimate of drug-likeness (QED) is 0.331. The zero-order valence-electron chi connectivity index (χ0n) is 22.0. The number of hydrogen-bond acceptors (Lipinski definition) is 7. The Morgan fingerprint density at radius 3 is 2.53 bits per heavy atom. The molecule has 3 aromatic heterocycles. The van der Waals surface area contributed by atoms with E-state index in [4.69, 9.17) is 9.51 Å². The number of aromatic nitrogens is 4. The molecule has 1 aromatic carbocycles. The minimum Gasteiger partial charge on any atom is -0.359 e. The van der Waals surface area contributed by atoms with E-state index in [0.717, 1.165) is 48.5 Å². The molecule has 4 aromatic rings. The molecule has 1 aliphatic rings. The van der Waals surface area contributed by atoms with Crippen molar-refractivity contribution in [1.29, 1.82) is 0 Å². The first-order valence-corrected chi connectivity index (χ1v) is 14.3. The van der Waals surface area contributed by atoms with Crippen molar-refractivity contribution in [2.24, 2.45) is 0 Å². The van der Waals surface area contributed by atoms with E-state index in [2.05, 4.69) is 26.4 Å². The summed E-state index contributed by atoms with van der Waals surface area (Å²) in [6, 6.07) is 9.30. The van der Waals surface area contributed by atoms with Crippen LogP contribution in [0.5, 0.6) is 0 Å². The topological polar surface area (TPSA) is 120 Å². The summed E-state index contributed by atoms with van der Waals surface area (Å²) < 4.78 is 36.6. The number of carbonyl (C=O) groups excluding carboxylic acids is 1. The van der Waals surface area contributed by atoms with Crippen LogP contribution < -0.4 is 4.72 Å². The number of benzene rings is 1. The second kappa shape index (κ2) is 10.2. The molecule has 9 nitrogen and oxygen atoms in total. The molecular formula is C28H31N5O4S. The van der Waals surface area contributed by atoms with Crippen molar-refractivity contribution in [3.63, 3.8) is 0 Å². The molecule has 0 radical (unpaired) electrons. The van der Waals surface area contributed by atoms with Crippen LogP contribution in [0.1, 0.15) is 70.6 Å². The van der Waals surface area contributed by atoms with Gasteiger partial charge in [-0.1, -0.05) is 36.3 Å².